The van der Waals surface area contributed by atoms with Crippen LogP contribution in [0.5, 0.6) is 0 Å². The van der Waals surface area contributed by atoms with Crippen LogP contribution in [0.4, 0.5) is 0 Å². The number of hydrogen-bond donors (Lipinski definition) is 0. The van der Waals surface area contributed by atoms with Crippen molar-refractivity contribution in [2.24, 2.45) is 0 Å². The molecule has 0 aromatic heterocycles. The Morgan fingerprint density at radius 1 is 1.38 bits per heavy atom. The Bertz CT molecular complexity index is 164. The van der Waals surface area contributed by atoms with E-state index in [1.165, 1.54) is 7.11 Å². The number of ether oxygens (including phenoxy) is 2. The van der Waals surface area contributed by atoms with E-state index in [0.717, 1.165) is 25.9 Å². The molecule has 0 N–H and O–H groups in total. The first-order valence-electron chi connectivity index (χ1n) is 4.58. The monoisotopic (exact) mass is 187 g/mol. The standard InChI is InChI=1S/C9H17NO3/c1-12-8-3-5-10(6-4-8)7-9(11)13-2/h8H,3-7H2,1-2H3. The van der Waals surface area contributed by atoms with Crippen LogP contribution in [0.15, 0.2) is 0 Å². The van der Waals surface area contributed by atoms with Crippen molar-refractivity contribution in [3.63, 3.8) is 0 Å². The second-order valence-corrected chi connectivity index (χ2v) is 3.29. The molecule has 0 unspecified atom stereocenters. The molecule has 0 spiro atoms. The van der Waals surface area contributed by atoms with Gasteiger partial charge in [-0.05, 0) is 12.8 Å². The molecule has 0 amide bonds. The van der Waals surface area contributed by atoms with E-state index in [1.807, 2.05) is 0 Å². The van der Waals surface area contributed by atoms with Gasteiger partial charge in [-0.15, -0.1) is 0 Å². The van der Waals surface area contributed by atoms with Crippen molar-refractivity contribution >= 4 is 5.97 Å². The highest BCUT2D eigenvalue weighted by atomic mass is 16.5. The molecule has 0 aliphatic carbocycles. The maximum atomic E-state index is 10.9. The van der Waals surface area contributed by atoms with Gasteiger partial charge in [0.1, 0.15) is 0 Å². The van der Waals surface area contributed by atoms with Gasteiger partial charge in [0.2, 0.25) is 0 Å². The van der Waals surface area contributed by atoms with Crippen LogP contribution in [-0.4, -0.2) is 50.8 Å². The fourth-order valence-corrected chi connectivity index (χ4v) is 1.55. The average molecular weight is 187 g/mol. The Hall–Kier alpha value is -0.610. The highest BCUT2D eigenvalue weighted by Crippen LogP contribution is 2.12. The van der Waals surface area contributed by atoms with Gasteiger partial charge in [0.25, 0.3) is 0 Å². The number of piperidine rings is 1. The molecule has 1 heterocycles. The molecule has 0 bridgehead atoms. The number of nitrogens with zero attached hydrogens (tertiary/aromatic N) is 1. The van der Waals surface area contributed by atoms with Gasteiger partial charge >= 0.3 is 5.97 Å². The van der Waals surface area contributed by atoms with E-state index in [4.69, 9.17) is 4.74 Å². The lowest BCUT2D eigenvalue weighted by molar-refractivity contribution is -0.142. The van der Waals surface area contributed by atoms with Crippen LogP contribution in [0.25, 0.3) is 0 Å². The zero-order valence-electron chi connectivity index (χ0n) is 8.28. The highest BCUT2D eigenvalue weighted by molar-refractivity contribution is 5.71. The van der Waals surface area contributed by atoms with E-state index in [1.54, 1.807) is 7.11 Å². The molecule has 0 aromatic rings. The molecule has 1 aliphatic rings. The zero-order valence-corrected chi connectivity index (χ0v) is 8.28. The number of likely N-dealkylation sites (tertiary alicyclic amines) is 1. The van der Waals surface area contributed by atoms with Gasteiger partial charge in [-0.3, -0.25) is 9.69 Å². The molecular formula is C9H17NO3. The second-order valence-electron chi connectivity index (χ2n) is 3.29. The third-order valence-electron chi connectivity index (χ3n) is 2.45. The minimum atomic E-state index is -0.157. The quantitative estimate of drug-likeness (QED) is 0.594. The van der Waals surface area contributed by atoms with Crippen molar-refractivity contribution in [3.05, 3.63) is 0 Å². The van der Waals surface area contributed by atoms with Crippen molar-refractivity contribution in [2.75, 3.05) is 33.9 Å². The Morgan fingerprint density at radius 2 is 2.00 bits per heavy atom. The number of methoxy groups -OCH3 is 2. The molecule has 0 atom stereocenters. The van der Waals surface area contributed by atoms with Crippen molar-refractivity contribution in [3.8, 4) is 0 Å². The summed E-state index contributed by atoms with van der Waals surface area (Å²) >= 11 is 0. The number of carbonyl (C=O) groups excluding carboxylic acids is 1. The van der Waals surface area contributed by atoms with Gasteiger partial charge < -0.3 is 9.47 Å². The highest BCUT2D eigenvalue weighted by Gasteiger charge is 2.20. The lowest BCUT2D eigenvalue weighted by Crippen LogP contribution is -2.39. The lowest BCUT2D eigenvalue weighted by atomic mass is 10.1. The predicted molar refractivity (Wildman–Crippen MR) is 48.5 cm³/mol. The molecular weight excluding hydrogens is 170 g/mol. The number of carbonyl (C=O) groups is 1. The van der Waals surface area contributed by atoms with Gasteiger partial charge in [0, 0.05) is 20.2 Å². The summed E-state index contributed by atoms with van der Waals surface area (Å²) in [6, 6.07) is 0. The Labute approximate surface area is 78.8 Å². The first-order valence-corrected chi connectivity index (χ1v) is 4.58. The molecule has 0 radical (unpaired) electrons. The molecule has 1 rings (SSSR count). The fourth-order valence-electron chi connectivity index (χ4n) is 1.55. The van der Waals surface area contributed by atoms with Gasteiger partial charge in [-0.2, -0.15) is 0 Å². The summed E-state index contributed by atoms with van der Waals surface area (Å²) in [5.74, 6) is -0.157. The van der Waals surface area contributed by atoms with Crippen molar-refractivity contribution in [2.45, 2.75) is 18.9 Å². The van der Waals surface area contributed by atoms with E-state index < -0.39 is 0 Å². The smallest absolute Gasteiger partial charge is 0.319 e. The summed E-state index contributed by atoms with van der Waals surface area (Å²) in [5, 5.41) is 0. The number of esters is 1. The minimum absolute atomic E-state index is 0.157. The molecule has 4 nitrogen and oxygen atoms in total. The molecule has 0 saturated carbocycles. The van der Waals surface area contributed by atoms with Crippen molar-refractivity contribution in [1.82, 2.24) is 4.90 Å². The first-order chi connectivity index (χ1) is 6.26. The van der Waals surface area contributed by atoms with Crippen LogP contribution < -0.4 is 0 Å². The SMILES string of the molecule is COC(=O)CN1CCC(OC)CC1. The largest absolute Gasteiger partial charge is 0.468 e. The third-order valence-corrected chi connectivity index (χ3v) is 2.45. The molecule has 4 heteroatoms. The Kier molecular flexibility index (Phi) is 4.18. The van der Waals surface area contributed by atoms with Crippen LogP contribution >= 0.6 is 0 Å². The molecule has 13 heavy (non-hydrogen) atoms. The molecule has 0 aromatic carbocycles. The second kappa shape index (κ2) is 5.19. The predicted octanol–water partition coefficient (Wildman–Crippen LogP) is 0.270. The summed E-state index contributed by atoms with van der Waals surface area (Å²) in [5.41, 5.74) is 0. The van der Waals surface area contributed by atoms with E-state index in [-0.39, 0.29) is 5.97 Å². The van der Waals surface area contributed by atoms with Crippen molar-refractivity contribution < 1.29 is 14.3 Å². The molecule has 1 aliphatic heterocycles. The van der Waals surface area contributed by atoms with Gasteiger partial charge in [0.05, 0.1) is 19.8 Å². The zero-order chi connectivity index (χ0) is 9.68. The van der Waals surface area contributed by atoms with E-state index in [2.05, 4.69) is 9.64 Å². The van der Waals surface area contributed by atoms with Gasteiger partial charge in [0.15, 0.2) is 0 Å². The number of rotatable bonds is 3. The molecule has 76 valence electrons. The minimum Gasteiger partial charge on any atom is -0.468 e. The maximum absolute atomic E-state index is 10.9. The molecule has 1 fully saturated rings. The summed E-state index contributed by atoms with van der Waals surface area (Å²) in [4.78, 5) is 13.0. The maximum Gasteiger partial charge on any atom is 0.319 e. The van der Waals surface area contributed by atoms with Crippen LogP contribution in [-0.2, 0) is 14.3 Å². The summed E-state index contributed by atoms with van der Waals surface area (Å²) in [6.45, 7) is 2.26. The van der Waals surface area contributed by atoms with Crippen LogP contribution in [0.2, 0.25) is 0 Å². The normalized spacial score (nSPS) is 20.2. The topological polar surface area (TPSA) is 38.8 Å². The molecule has 1 saturated heterocycles. The Morgan fingerprint density at radius 3 is 2.46 bits per heavy atom. The van der Waals surface area contributed by atoms with E-state index in [9.17, 15) is 4.79 Å². The fraction of sp³-hybridized carbons (Fsp3) is 0.889. The lowest BCUT2D eigenvalue weighted by Gasteiger charge is -2.30. The average Bonchev–Trinajstić information content (AvgIpc) is 2.19. The van der Waals surface area contributed by atoms with Crippen LogP contribution in [0.3, 0.4) is 0 Å². The van der Waals surface area contributed by atoms with E-state index >= 15 is 0 Å². The summed E-state index contributed by atoms with van der Waals surface area (Å²) < 4.78 is 9.82. The number of hydrogen-bond acceptors (Lipinski definition) is 4. The van der Waals surface area contributed by atoms with Crippen LogP contribution in [0.1, 0.15) is 12.8 Å². The van der Waals surface area contributed by atoms with Gasteiger partial charge in [-0.1, -0.05) is 0 Å². The Balaban J connectivity index is 2.21. The summed E-state index contributed by atoms with van der Waals surface area (Å²) in [7, 11) is 3.16. The van der Waals surface area contributed by atoms with Crippen molar-refractivity contribution in [1.29, 1.82) is 0 Å². The third kappa shape index (κ3) is 3.32. The van der Waals surface area contributed by atoms with Crippen LogP contribution in [0, 0.1) is 0 Å². The van der Waals surface area contributed by atoms with Gasteiger partial charge in [-0.25, -0.2) is 0 Å². The van der Waals surface area contributed by atoms with E-state index in [0.29, 0.717) is 12.6 Å². The first kappa shape index (κ1) is 10.5. The summed E-state index contributed by atoms with van der Waals surface area (Å²) in [6.07, 6.45) is 2.38.